The highest BCUT2D eigenvalue weighted by Gasteiger charge is 2.46. The van der Waals surface area contributed by atoms with Gasteiger partial charge in [-0.05, 0) is 72.5 Å². The van der Waals surface area contributed by atoms with E-state index in [0.717, 1.165) is 17.8 Å². The van der Waals surface area contributed by atoms with Gasteiger partial charge in [0, 0.05) is 19.3 Å². The van der Waals surface area contributed by atoms with Crippen molar-refractivity contribution >= 4 is 17.4 Å². The number of carbonyl (C=O) groups is 2. The lowest BCUT2D eigenvalue weighted by Crippen LogP contribution is -2.32. The maximum absolute atomic E-state index is 13.2. The Morgan fingerprint density at radius 2 is 1.82 bits per heavy atom. The molecule has 1 amide bonds. The molecule has 2 heterocycles. The zero-order valence-corrected chi connectivity index (χ0v) is 20.5. The number of aryl methyl sites for hydroxylation is 2. The zero-order valence-electron chi connectivity index (χ0n) is 20.5. The second kappa shape index (κ2) is 9.79. The summed E-state index contributed by atoms with van der Waals surface area (Å²) in [6.07, 6.45) is 0.736. The molecule has 0 saturated carbocycles. The van der Waals surface area contributed by atoms with E-state index < -0.39 is 17.7 Å². The summed E-state index contributed by atoms with van der Waals surface area (Å²) >= 11 is 0. The Morgan fingerprint density at radius 3 is 2.33 bits per heavy atom. The maximum atomic E-state index is 13.2. The van der Waals surface area contributed by atoms with Gasteiger partial charge in [-0.25, -0.2) is 0 Å². The molecule has 1 atom stereocenters. The number of benzene rings is 1. The number of nitrogens with zero attached hydrogens (tertiary/aromatic N) is 4. The number of ether oxygens (including phenoxy) is 1. The first-order chi connectivity index (χ1) is 15.5. The number of aliphatic hydroxyl groups excluding tert-OH is 1. The molecule has 1 N–H and O–H groups in total. The van der Waals surface area contributed by atoms with Crippen LogP contribution < -0.4 is 4.74 Å². The molecule has 1 aliphatic rings. The van der Waals surface area contributed by atoms with Gasteiger partial charge in [0.25, 0.3) is 11.7 Å². The quantitative estimate of drug-likeness (QED) is 0.374. The molecule has 1 fully saturated rings. The molecule has 3 rings (SSSR count). The normalized spacial score (nSPS) is 18.1. The summed E-state index contributed by atoms with van der Waals surface area (Å²) in [5.74, 6) is -0.745. The van der Waals surface area contributed by atoms with E-state index in [2.05, 4.69) is 5.10 Å². The highest BCUT2D eigenvalue weighted by molar-refractivity contribution is 6.46. The monoisotopic (exact) mass is 454 g/mol. The molecule has 33 heavy (non-hydrogen) atoms. The van der Waals surface area contributed by atoms with Crippen molar-refractivity contribution in [3.8, 4) is 5.75 Å². The molecular weight excluding hydrogens is 420 g/mol. The number of likely N-dealkylation sites (tertiary alicyclic amines) is 1. The Bertz CT molecular complexity index is 1070. The van der Waals surface area contributed by atoms with Crippen molar-refractivity contribution in [3.05, 3.63) is 52.4 Å². The van der Waals surface area contributed by atoms with Crippen molar-refractivity contribution in [3.63, 3.8) is 0 Å². The van der Waals surface area contributed by atoms with E-state index in [9.17, 15) is 14.7 Å². The summed E-state index contributed by atoms with van der Waals surface area (Å²) < 4.78 is 7.40. The number of carbonyl (C=O) groups excluding carboxylic acids is 2. The first-order valence-electron chi connectivity index (χ1n) is 11.2. The van der Waals surface area contributed by atoms with Crippen LogP contribution >= 0.6 is 0 Å². The number of aliphatic hydroxyl groups is 1. The first kappa shape index (κ1) is 24.5. The Labute approximate surface area is 195 Å². The number of rotatable bonds is 8. The molecule has 0 aliphatic carbocycles. The van der Waals surface area contributed by atoms with Crippen LogP contribution in [0.2, 0.25) is 0 Å². The highest BCUT2D eigenvalue weighted by Crippen LogP contribution is 2.40. The van der Waals surface area contributed by atoms with E-state index in [1.165, 1.54) is 0 Å². The van der Waals surface area contributed by atoms with E-state index >= 15 is 0 Å². The molecule has 2 aromatic rings. The summed E-state index contributed by atoms with van der Waals surface area (Å²) in [4.78, 5) is 29.9. The molecule has 178 valence electrons. The summed E-state index contributed by atoms with van der Waals surface area (Å²) in [6.45, 7) is 8.69. The molecule has 1 aromatic heterocycles. The highest BCUT2D eigenvalue weighted by atomic mass is 16.5. The van der Waals surface area contributed by atoms with Crippen molar-refractivity contribution in [1.82, 2.24) is 19.6 Å². The Balaban J connectivity index is 2.11. The number of Topliss-reactive ketones (excluding diaryl/α,β-unsaturated/α-hetero) is 1. The SMILES string of the molecule is Cc1nn(C)c(C)c1C(O)=C1C(=O)C(=O)N(CCCN(C)C)C1c1ccc(OC(C)C)cc1. The zero-order chi connectivity index (χ0) is 24.4. The van der Waals surface area contributed by atoms with Crippen LogP contribution in [0, 0.1) is 13.8 Å². The first-order valence-corrected chi connectivity index (χ1v) is 11.2. The Kier molecular flexibility index (Phi) is 7.27. The summed E-state index contributed by atoms with van der Waals surface area (Å²) in [5, 5.41) is 15.7. The lowest BCUT2D eigenvalue weighted by Gasteiger charge is -2.26. The van der Waals surface area contributed by atoms with Gasteiger partial charge in [-0.1, -0.05) is 12.1 Å². The average Bonchev–Trinajstić information content (AvgIpc) is 3.13. The van der Waals surface area contributed by atoms with Crippen molar-refractivity contribution in [2.24, 2.45) is 7.05 Å². The van der Waals surface area contributed by atoms with E-state index in [1.807, 2.05) is 64.0 Å². The smallest absolute Gasteiger partial charge is 0.295 e. The molecular formula is C25H34N4O4. The van der Waals surface area contributed by atoms with E-state index in [4.69, 9.17) is 4.74 Å². The van der Waals surface area contributed by atoms with Gasteiger partial charge in [-0.3, -0.25) is 14.3 Å². The maximum Gasteiger partial charge on any atom is 0.295 e. The molecule has 1 unspecified atom stereocenters. The molecule has 0 spiro atoms. The van der Waals surface area contributed by atoms with Crippen LogP contribution in [0.15, 0.2) is 29.8 Å². The number of hydrogen-bond acceptors (Lipinski definition) is 6. The summed E-state index contributed by atoms with van der Waals surface area (Å²) in [7, 11) is 5.71. The average molecular weight is 455 g/mol. The molecule has 0 bridgehead atoms. The van der Waals surface area contributed by atoms with Gasteiger partial charge in [-0.2, -0.15) is 5.10 Å². The predicted molar refractivity (Wildman–Crippen MR) is 127 cm³/mol. The largest absolute Gasteiger partial charge is 0.507 e. The van der Waals surface area contributed by atoms with Gasteiger partial charge < -0.3 is 19.6 Å². The number of hydrogen-bond donors (Lipinski definition) is 1. The Hall–Kier alpha value is -3.13. The van der Waals surface area contributed by atoms with Crippen LogP contribution in [-0.4, -0.2) is 69.7 Å². The molecule has 8 heteroatoms. The summed E-state index contributed by atoms with van der Waals surface area (Å²) in [6, 6.07) is 6.68. The van der Waals surface area contributed by atoms with Crippen molar-refractivity contribution in [2.45, 2.75) is 46.3 Å². The molecule has 0 radical (unpaired) electrons. The predicted octanol–water partition coefficient (Wildman–Crippen LogP) is 3.20. The lowest BCUT2D eigenvalue weighted by atomic mass is 9.94. The summed E-state index contributed by atoms with van der Waals surface area (Å²) in [5.41, 5.74) is 2.67. The van der Waals surface area contributed by atoms with Crippen LogP contribution in [0.5, 0.6) is 5.75 Å². The van der Waals surface area contributed by atoms with Gasteiger partial charge in [0.1, 0.15) is 11.5 Å². The third-order valence-corrected chi connectivity index (χ3v) is 5.86. The fourth-order valence-corrected chi connectivity index (χ4v) is 4.27. The fourth-order valence-electron chi connectivity index (χ4n) is 4.27. The third kappa shape index (κ3) is 4.95. The minimum Gasteiger partial charge on any atom is -0.507 e. The minimum atomic E-state index is -0.681. The van der Waals surface area contributed by atoms with Crippen LogP contribution in [0.4, 0.5) is 0 Å². The third-order valence-electron chi connectivity index (χ3n) is 5.86. The van der Waals surface area contributed by atoms with E-state index in [0.29, 0.717) is 30.0 Å². The topological polar surface area (TPSA) is 87.9 Å². The lowest BCUT2D eigenvalue weighted by molar-refractivity contribution is -0.139. The fraction of sp³-hybridized carbons (Fsp3) is 0.480. The van der Waals surface area contributed by atoms with Crippen LogP contribution in [-0.2, 0) is 16.6 Å². The van der Waals surface area contributed by atoms with E-state index in [-0.39, 0.29) is 17.4 Å². The molecule has 1 aromatic carbocycles. The van der Waals surface area contributed by atoms with Gasteiger partial charge >= 0.3 is 0 Å². The van der Waals surface area contributed by atoms with Gasteiger partial charge in [0.2, 0.25) is 0 Å². The van der Waals surface area contributed by atoms with Crippen LogP contribution in [0.25, 0.3) is 5.76 Å². The van der Waals surface area contributed by atoms with Crippen molar-refractivity contribution in [2.75, 3.05) is 27.2 Å². The number of ketones is 1. The second-order valence-electron chi connectivity index (χ2n) is 9.05. The molecule has 1 aliphatic heterocycles. The Morgan fingerprint density at radius 1 is 1.18 bits per heavy atom. The van der Waals surface area contributed by atoms with Gasteiger partial charge in [-0.15, -0.1) is 0 Å². The van der Waals surface area contributed by atoms with Crippen LogP contribution in [0.1, 0.15) is 48.8 Å². The van der Waals surface area contributed by atoms with Crippen molar-refractivity contribution < 1.29 is 19.4 Å². The number of amides is 1. The van der Waals surface area contributed by atoms with Gasteiger partial charge in [0.05, 0.1) is 29.0 Å². The molecule has 1 saturated heterocycles. The second-order valence-corrected chi connectivity index (χ2v) is 9.05. The minimum absolute atomic E-state index is 0.0315. The standard InChI is InChI=1S/C25H34N4O4/c1-15(2)33-19-11-9-18(10-12-19)22-21(23(30)20-16(3)26-28(7)17(20)4)24(31)25(32)29(22)14-8-13-27(5)6/h9-12,15,22,30H,8,13-14H2,1-7H3. The number of aromatic nitrogens is 2. The molecule has 8 nitrogen and oxygen atoms in total. The van der Waals surface area contributed by atoms with E-state index in [1.54, 1.807) is 23.6 Å². The van der Waals surface area contributed by atoms with Gasteiger partial charge in [0.15, 0.2) is 0 Å². The van der Waals surface area contributed by atoms with Crippen molar-refractivity contribution in [1.29, 1.82) is 0 Å². The van der Waals surface area contributed by atoms with Crippen LogP contribution in [0.3, 0.4) is 0 Å².